The largest absolute Gasteiger partial charge is 0.361 e. The van der Waals surface area contributed by atoms with E-state index in [1.807, 2.05) is 44.5 Å². The van der Waals surface area contributed by atoms with Crippen molar-refractivity contribution in [2.75, 3.05) is 0 Å². The highest BCUT2D eigenvalue weighted by Crippen LogP contribution is 2.26. The van der Waals surface area contributed by atoms with Crippen LogP contribution in [0.15, 0.2) is 16.8 Å². The van der Waals surface area contributed by atoms with Crippen LogP contribution in [0.25, 0.3) is 11.2 Å². The van der Waals surface area contributed by atoms with Gasteiger partial charge in [-0.15, -0.1) is 11.6 Å². The molecule has 6 heteroatoms. The van der Waals surface area contributed by atoms with Crippen molar-refractivity contribution in [2.24, 2.45) is 0 Å². The third kappa shape index (κ3) is 2.42. The number of hydrogen-bond acceptors (Lipinski definition) is 4. The van der Waals surface area contributed by atoms with Crippen LogP contribution >= 0.6 is 11.6 Å². The van der Waals surface area contributed by atoms with Crippen molar-refractivity contribution < 1.29 is 4.52 Å². The predicted octanol–water partition coefficient (Wildman–Crippen LogP) is 3.69. The van der Waals surface area contributed by atoms with E-state index < -0.39 is 0 Å². The van der Waals surface area contributed by atoms with Crippen molar-refractivity contribution in [1.82, 2.24) is 19.7 Å². The zero-order valence-electron chi connectivity index (χ0n) is 12.5. The predicted molar refractivity (Wildman–Crippen MR) is 81.6 cm³/mol. The van der Waals surface area contributed by atoms with Crippen LogP contribution in [-0.2, 0) is 6.54 Å². The fraction of sp³-hybridized carbons (Fsp3) is 0.400. The molecular formula is C15H17ClN4O. The lowest BCUT2D eigenvalue weighted by molar-refractivity contribution is 0.392. The molecule has 110 valence electrons. The van der Waals surface area contributed by atoms with E-state index in [0.29, 0.717) is 6.54 Å². The molecule has 3 rings (SSSR count). The number of pyridine rings is 1. The van der Waals surface area contributed by atoms with Gasteiger partial charge >= 0.3 is 0 Å². The molecule has 1 atom stereocenters. The molecule has 0 fully saturated rings. The van der Waals surface area contributed by atoms with E-state index in [-0.39, 0.29) is 5.38 Å². The van der Waals surface area contributed by atoms with E-state index in [0.717, 1.165) is 39.6 Å². The van der Waals surface area contributed by atoms with Crippen LogP contribution in [0.5, 0.6) is 0 Å². The van der Waals surface area contributed by atoms with Crippen LogP contribution in [0.3, 0.4) is 0 Å². The average molecular weight is 305 g/mol. The lowest BCUT2D eigenvalue weighted by Gasteiger charge is -2.09. The lowest BCUT2D eigenvalue weighted by atomic mass is 10.2. The van der Waals surface area contributed by atoms with Gasteiger partial charge in [-0.3, -0.25) is 0 Å². The van der Waals surface area contributed by atoms with Gasteiger partial charge in [-0.1, -0.05) is 5.16 Å². The minimum absolute atomic E-state index is 0.194. The molecule has 1 unspecified atom stereocenters. The van der Waals surface area contributed by atoms with Crippen molar-refractivity contribution in [2.45, 2.75) is 39.6 Å². The Labute approximate surface area is 127 Å². The summed E-state index contributed by atoms with van der Waals surface area (Å²) < 4.78 is 7.28. The van der Waals surface area contributed by atoms with Crippen LogP contribution in [0.1, 0.15) is 40.7 Å². The molecule has 5 nitrogen and oxygen atoms in total. The molecule has 3 aromatic heterocycles. The molecule has 3 aromatic rings. The summed E-state index contributed by atoms with van der Waals surface area (Å²) in [7, 11) is 0. The summed E-state index contributed by atoms with van der Waals surface area (Å²) in [5.41, 5.74) is 4.72. The summed E-state index contributed by atoms with van der Waals surface area (Å²) in [5.74, 6) is 1.62. The van der Waals surface area contributed by atoms with Crippen molar-refractivity contribution >= 4 is 22.8 Å². The van der Waals surface area contributed by atoms with Gasteiger partial charge < -0.3 is 9.09 Å². The van der Waals surface area contributed by atoms with Crippen molar-refractivity contribution in [3.05, 3.63) is 40.7 Å². The van der Waals surface area contributed by atoms with Crippen molar-refractivity contribution in [3.63, 3.8) is 0 Å². The Hall–Kier alpha value is -1.88. The summed E-state index contributed by atoms with van der Waals surface area (Å²) in [5, 5.41) is 3.81. The number of aryl methyl sites for hydroxylation is 3. The van der Waals surface area contributed by atoms with Crippen LogP contribution < -0.4 is 0 Å². The smallest absolute Gasteiger partial charge is 0.160 e. The molecule has 0 N–H and O–H groups in total. The van der Waals surface area contributed by atoms with Crippen LogP contribution in [0, 0.1) is 20.8 Å². The molecule has 0 amide bonds. The number of alkyl halides is 1. The van der Waals surface area contributed by atoms with Gasteiger partial charge in [-0.05, 0) is 39.3 Å². The summed E-state index contributed by atoms with van der Waals surface area (Å²) in [6.07, 6.45) is 1.84. The molecule has 0 aliphatic rings. The third-order valence-corrected chi connectivity index (χ3v) is 3.80. The number of hydrogen-bond donors (Lipinski definition) is 0. The van der Waals surface area contributed by atoms with Gasteiger partial charge in [-0.2, -0.15) is 0 Å². The minimum atomic E-state index is -0.194. The van der Waals surface area contributed by atoms with E-state index in [1.165, 1.54) is 0 Å². The molecular weight excluding hydrogens is 288 g/mol. The van der Waals surface area contributed by atoms with Gasteiger partial charge in [0.05, 0.1) is 17.6 Å². The van der Waals surface area contributed by atoms with E-state index in [2.05, 4.69) is 15.1 Å². The number of rotatable bonds is 3. The summed E-state index contributed by atoms with van der Waals surface area (Å²) in [4.78, 5) is 9.14. The summed E-state index contributed by atoms with van der Waals surface area (Å²) >= 11 is 6.29. The number of aromatic nitrogens is 4. The van der Waals surface area contributed by atoms with Gasteiger partial charge in [0.25, 0.3) is 0 Å². The Morgan fingerprint density at radius 3 is 2.71 bits per heavy atom. The van der Waals surface area contributed by atoms with Gasteiger partial charge in [0, 0.05) is 11.8 Å². The summed E-state index contributed by atoms with van der Waals surface area (Å²) in [6, 6.07) is 2.02. The Bertz CT molecular complexity index is 784. The first-order valence-corrected chi connectivity index (χ1v) is 7.29. The Morgan fingerprint density at radius 1 is 1.33 bits per heavy atom. The molecule has 3 heterocycles. The molecule has 21 heavy (non-hydrogen) atoms. The molecule has 0 saturated carbocycles. The van der Waals surface area contributed by atoms with E-state index in [9.17, 15) is 0 Å². The first-order chi connectivity index (χ1) is 9.97. The molecule has 0 aliphatic heterocycles. The SMILES string of the molecule is Cc1cnc2c(c1)nc(C(C)Cl)n2Cc1c(C)noc1C. The summed E-state index contributed by atoms with van der Waals surface area (Å²) in [6.45, 7) is 8.38. The fourth-order valence-corrected chi connectivity index (χ4v) is 2.64. The second-order valence-electron chi connectivity index (χ2n) is 5.33. The van der Waals surface area contributed by atoms with Crippen LogP contribution in [0.4, 0.5) is 0 Å². The Kier molecular flexibility index (Phi) is 3.45. The standard InChI is InChI=1S/C15H17ClN4O/c1-8-5-13-15(17-6-8)20(14(18-13)9(2)16)7-12-10(3)19-21-11(12)4/h5-6,9H,7H2,1-4H3. The third-order valence-electron chi connectivity index (χ3n) is 3.60. The molecule has 0 spiro atoms. The quantitative estimate of drug-likeness (QED) is 0.692. The first kappa shape index (κ1) is 14.1. The Morgan fingerprint density at radius 2 is 2.10 bits per heavy atom. The zero-order chi connectivity index (χ0) is 15.1. The van der Waals surface area contributed by atoms with Crippen molar-refractivity contribution in [3.8, 4) is 0 Å². The number of nitrogens with zero attached hydrogens (tertiary/aromatic N) is 4. The first-order valence-electron chi connectivity index (χ1n) is 6.86. The molecule has 0 saturated heterocycles. The number of fused-ring (bicyclic) bond motifs is 1. The van der Waals surface area contributed by atoms with Crippen LogP contribution in [0.2, 0.25) is 0 Å². The molecule has 0 radical (unpaired) electrons. The highest BCUT2D eigenvalue weighted by Gasteiger charge is 2.19. The van der Waals surface area contributed by atoms with Crippen molar-refractivity contribution in [1.29, 1.82) is 0 Å². The van der Waals surface area contributed by atoms with Crippen LogP contribution in [-0.4, -0.2) is 19.7 Å². The molecule has 0 bridgehead atoms. The molecule has 0 aliphatic carbocycles. The zero-order valence-corrected chi connectivity index (χ0v) is 13.3. The normalized spacial score (nSPS) is 13.0. The van der Waals surface area contributed by atoms with Gasteiger partial charge in [-0.25, -0.2) is 9.97 Å². The van der Waals surface area contributed by atoms with E-state index in [4.69, 9.17) is 16.1 Å². The highest BCUT2D eigenvalue weighted by molar-refractivity contribution is 6.20. The maximum Gasteiger partial charge on any atom is 0.160 e. The molecule has 0 aromatic carbocycles. The Balaban J connectivity index is 2.18. The maximum atomic E-state index is 6.29. The van der Waals surface area contributed by atoms with Gasteiger partial charge in [0.1, 0.15) is 17.1 Å². The monoisotopic (exact) mass is 304 g/mol. The topological polar surface area (TPSA) is 56.7 Å². The maximum absolute atomic E-state index is 6.29. The van der Waals surface area contributed by atoms with E-state index in [1.54, 1.807) is 0 Å². The average Bonchev–Trinajstić information content (AvgIpc) is 2.94. The van der Waals surface area contributed by atoms with Gasteiger partial charge in [0.15, 0.2) is 5.65 Å². The highest BCUT2D eigenvalue weighted by atomic mass is 35.5. The second kappa shape index (κ2) is 5.15. The number of halogens is 1. The van der Waals surface area contributed by atoms with Gasteiger partial charge in [0.2, 0.25) is 0 Å². The number of imidazole rings is 1. The fourth-order valence-electron chi connectivity index (χ4n) is 2.47. The van der Waals surface area contributed by atoms with E-state index >= 15 is 0 Å². The minimum Gasteiger partial charge on any atom is -0.361 e. The second-order valence-corrected chi connectivity index (χ2v) is 5.98. The lowest BCUT2D eigenvalue weighted by Crippen LogP contribution is -2.07.